The lowest BCUT2D eigenvalue weighted by Crippen LogP contribution is -2.27. The molecule has 0 aliphatic carbocycles. The van der Waals surface area contributed by atoms with Crippen LogP contribution in [0.5, 0.6) is 0 Å². The molecule has 0 fully saturated rings. The molecule has 4 nitrogen and oxygen atoms in total. The summed E-state index contributed by atoms with van der Waals surface area (Å²) in [6.45, 7) is 0.219. The Bertz CT molecular complexity index is 712. The summed E-state index contributed by atoms with van der Waals surface area (Å²) in [4.78, 5) is 0.332. The molecule has 0 spiro atoms. The first kappa shape index (κ1) is 13.0. The maximum Gasteiger partial charge on any atom is 0.185 e. The largest absolute Gasteiger partial charge is 0.223 e. The molecule has 0 saturated heterocycles. The zero-order valence-corrected chi connectivity index (χ0v) is 11.6. The Morgan fingerprint density at radius 2 is 1.50 bits per heavy atom. The first-order chi connectivity index (χ1) is 9.69. The topological polar surface area (TPSA) is 58.9 Å². The Balaban J connectivity index is 1.98. The second-order valence-corrected chi connectivity index (χ2v) is 6.86. The minimum Gasteiger partial charge on any atom is -0.223 e. The molecule has 1 aliphatic heterocycles. The summed E-state index contributed by atoms with van der Waals surface area (Å²) in [6.07, 6.45) is 0. The highest BCUT2D eigenvalue weighted by Crippen LogP contribution is 2.34. The summed E-state index contributed by atoms with van der Waals surface area (Å²) in [5.74, 6) is 0. The third-order valence-corrected chi connectivity index (χ3v) is 5.56. The standard InChI is InChI=1S/C15H14N2O2S/c18-20(19,13-9-5-2-6-10-13)14-11-16-17-15(14)12-7-3-1-4-8-12/h1-10,14-15H,11H2/t14-,15+/m1/s1. The fourth-order valence-electron chi connectivity index (χ4n) is 2.37. The van der Waals surface area contributed by atoms with Crippen molar-refractivity contribution in [2.45, 2.75) is 16.2 Å². The maximum absolute atomic E-state index is 12.7. The molecule has 2 aromatic rings. The number of hydrogen-bond donors (Lipinski definition) is 0. The van der Waals surface area contributed by atoms with E-state index in [0.29, 0.717) is 4.90 Å². The highest BCUT2D eigenvalue weighted by Gasteiger charge is 2.38. The van der Waals surface area contributed by atoms with Crippen molar-refractivity contribution < 1.29 is 8.42 Å². The van der Waals surface area contributed by atoms with Crippen LogP contribution in [0.2, 0.25) is 0 Å². The van der Waals surface area contributed by atoms with Gasteiger partial charge in [-0.3, -0.25) is 0 Å². The molecule has 20 heavy (non-hydrogen) atoms. The number of benzene rings is 2. The van der Waals surface area contributed by atoms with Gasteiger partial charge in [-0.1, -0.05) is 48.5 Å². The normalized spacial score (nSPS) is 22.0. The van der Waals surface area contributed by atoms with Gasteiger partial charge in [-0.2, -0.15) is 10.2 Å². The van der Waals surface area contributed by atoms with Gasteiger partial charge in [0.1, 0.15) is 11.3 Å². The number of rotatable bonds is 3. The molecular formula is C15H14N2O2S. The SMILES string of the molecule is O=S(=O)(c1ccccc1)[C@@H]1CN=N[C@H]1c1ccccc1. The van der Waals surface area contributed by atoms with Crippen LogP contribution >= 0.6 is 0 Å². The molecule has 3 rings (SSSR count). The monoisotopic (exact) mass is 286 g/mol. The number of nitrogens with zero attached hydrogens (tertiary/aromatic N) is 2. The Morgan fingerprint density at radius 1 is 0.900 bits per heavy atom. The van der Waals surface area contributed by atoms with Crippen LogP contribution in [0.3, 0.4) is 0 Å². The van der Waals surface area contributed by atoms with Gasteiger partial charge in [0.2, 0.25) is 0 Å². The Hall–Kier alpha value is -2.01. The van der Waals surface area contributed by atoms with Gasteiger partial charge >= 0.3 is 0 Å². The summed E-state index contributed by atoms with van der Waals surface area (Å²) >= 11 is 0. The number of azo groups is 1. The highest BCUT2D eigenvalue weighted by molar-refractivity contribution is 7.92. The molecular weight excluding hydrogens is 272 g/mol. The zero-order chi connectivity index (χ0) is 14.0. The molecule has 0 radical (unpaired) electrons. The molecule has 0 N–H and O–H groups in total. The van der Waals surface area contributed by atoms with Crippen molar-refractivity contribution in [3.63, 3.8) is 0 Å². The molecule has 102 valence electrons. The van der Waals surface area contributed by atoms with Crippen molar-refractivity contribution in [2.75, 3.05) is 6.54 Å². The van der Waals surface area contributed by atoms with Crippen molar-refractivity contribution >= 4 is 9.84 Å². The van der Waals surface area contributed by atoms with Crippen LogP contribution in [-0.4, -0.2) is 20.2 Å². The van der Waals surface area contributed by atoms with E-state index >= 15 is 0 Å². The van der Waals surface area contributed by atoms with Crippen LogP contribution in [0.1, 0.15) is 11.6 Å². The second-order valence-electron chi connectivity index (χ2n) is 4.69. The van der Waals surface area contributed by atoms with Crippen LogP contribution in [0.25, 0.3) is 0 Å². The highest BCUT2D eigenvalue weighted by atomic mass is 32.2. The first-order valence-corrected chi connectivity index (χ1v) is 7.95. The quantitative estimate of drug-likeness (QED) is 0.870. The van der Waals surface area contributed by atoms with Gasteiger partial charge in [0.25, 0.3) is 0 Å². The molecule has 0 amide bonds. The number of hydrogen-bond acceptors (Lipinski definition) is 4. The van der Waals surface area contributed by atoms with Gasteiger partial charge in [-0.05, 0) is 17.7 Å². The second kappa shape index (κ2) is 5.17. The van der Waals surface area contributed by atoms with Crippen molar-refractivity contribution in [2.24, 2.45) is 10.2 Å². The van der Waals surface area contributed by atoms with Crippen molar-refractivity contribution in [1.82, 2.24) is 0 Å². The fraction of sp³-hybridized carbons (Fsp3) is 0.200. The maximum atomic E-state index is 12.7. The smallest absolute Gasteiger partial charge is 0.185 e. The predicted octanol–water partition coefficient (Wildman–Crippen LogP) is 3.04. The molecule has 1 aliphatic rings. The van der Waals surface area contributed by atoms with Crippen molar-refractivity contribution in [3.8, 4) is 0 Å². The van der Waals surface area contributed by atoms with E-state index in [1.807, 2.05) is 30.3 Å². The molecule has 0 saturated carbocycles. The molecule has 0 bridgehead atoms. The van der Waals surface area contributed by atoms with Crippen molar-refractivity contribution in [1.29, 1.82) is 0 Å². The van der Waals surface area contributed by atoms with Gasteiger partial charge in [0, 0.05) is 0 Å². The van der Waals surface area contributed by atoms with Crippen LogP contribution in [0.15, 0.2) is 75.8 Å². The predicted molar refractivity (Wildman–Crippen MR) is 76.3 cm³/mol. The van der Waals surface area contributed by atoms with E-state index in [2.05, 4.69) is 10.2 Å². The lowest BCUT2D eigenvalue weighted by molar-refractivity contribution is 0.571. The minimum atomic E-state index is -3.42. The number of sulfone groups is 1. The zero-order valence-electron chi connectivity index (χ0n) is 10.8. The van der Waals surface area contributed by atoms with Crippen LogP contribution < -0.4 is 0 Å². The van der Waals surface area contributed by atoms with E-state index in [9.17, 15) is 8.42 Å². The van der Waals surface area contributed by atoms with Crippen LogP contribution in [0, 0.1) is 0 Å². The average Bonchev–Trinajstić information content (AvgIpc) is 2.99. The molecule has 0 aromatic heterocycles. The molecule has 1 heterocycles. The first-order valence-electron chi connectivity index (χ1n) is 6.40. The van der Waals surface area contributed by atoms with Gasteiger partial charge in [-0.25, -0.2) is 8.42 Å². The van der Waals surface area contributed by atoms with Crippen LogP contribution in [-0.2, 0) is 9.84 Å². The molecule has 2 aromatic carbocycles. The van der Waals surface area contributed by atoms with Gasteiger partial charge in [-0.15, -0.1) is 0 Å². The summed E-state index contributed by atoms with van der Waals surface area (Å²) < 4.78 is 25.4. The van der Waals surface area contributed by atoms with Crippen LogP contribution in [0.4, 0.5) is 0 Å². The van der Waals surface area contributed by atoms with Gasteiger partial charge in [0.15, 0.2) is 9.84 Å². The van der Waals surface area contributed by atoms with E-state index < -0.39 is 21.1 Å². The lowest BCUT2D eigenvalue weighted by Gasteiger charge is -2.17. The minimum absolute atomic E-state index is 0.219. The Kier molecular flexibility index (Phi) is 3.36. The van der Waals surface area contributed by atoms with E-state index in [1.54, 1.807) is 30.3 Å². The average molecular weight is 286 g/mol. The Morgan fingerprint density at radius 3 is 2.15 bits per heavy atom. The van der Waals surface area contributed by atoms with Gasteiger partial charge in [0.05, 0.1) is 11.4 Å². The van der Waals surface area contributed by atoms with E-state index in [0.717, 1.165) is 5.56 Å². The third kappa shape index (κ3) is 2.25. The van der Waals surface area contributed by atoms with E-state index in [4.69, 9.17) is 0 Å². The summed E-state index contributed by atoms with van der Waals surface area (Å²) in [7, 11) is -3.42. The van der Waals surface area contributed by atoms with Crippen molar-refractivity contribution in [3.05, 3.63) is 66.2 Å². The summed E-state index contributed by atoms with van der Waals surface area (Å²) in [6, 6.07) is 17.5. The summed E-state index contributed by atoms with van der Waals surface area (Å²) in [5, 5.41) is 7.47. The van der Waals surface area contributed by atoms with E-state index in [-0.39, 0.29) is 6.54 Å². The molecule has 0 unspecified atom stereocenters. The third-order valence-electron chi connectivity index (χ3n) is 3.43. The lowest BCUT2D eigenvalue weighted by atomic mass is 10.1. The summed E-state index contributed by atoms with van der Waals surface area (Å²) in [5.41, 5.74) is 0.887. The Labute approximate surface area is 118 Å². The molecule has 5 heteroatoms. The molecule has 2 atom stereocenters. The van der Waals surface area contributed by atoms with E-state index in [1.165, 1.54) is 0 Å². The van der Waals surface area contributed by atoms with Gasteiger partial charge < -0.3 is 0 Å². The fourth-order valence-corrected chi connectivity index (χ4v) is 4.07.